The number of nitrogens with one attached hydrogen (secondary N) is 1. The van der Waals surface area contributed by atoms with Gasteiger partial charge in [-0.25, -0.2) is 4.52 Å². The molecule has 2 atom stereocenters. The number of anilines is 1. The van der Waals surface area contributed by atoms with E-state index in [1.54, 1.807) is 0 Å². The van der Waals surface area contributed by atoms with Gasteiger partial charge in [0.25, 0.3) is 5.91 Å². The first-order valence-corrected chi connectivity index (χ1v) is 11.0. The van der Waals surface area contributed by atoms with Crippen LogP contribution in [-0.4, -0.2) is 41.3 Å². The standard InChI is InChI=1S/C23H26N8O/c1-3-14(2)27-22(32)19-10-16(11-20-28-23(24)29-31(19)20)17-12-26-30(13-17)18-8-4-6-15-7-5-9-25-21(15)18/h5,7,9-14,18H,3-4,6,8H2,1-2H3,(H2,24,29)(H,27,32). The highest BCUT2D eigenvalue weighted by Crippen LogP contribution is 2.32. The molecule has 4 heterocycles. The lowest BCUT2D eigenvalue weighted by molar-refractivity contribution is 0.0932. The molecule has 4 aromatic heterocycles. The largest absolute Gasteiger partial charge is 0.366 e. The van der Waals surface area contributed by atoms with Gasteiger partial charge in [0.05, 0.1) is 17.9 Å². The monoisotopic (exact) mass is 430 g/mol. The minimum Gasteiger partial charge on any atom is -0.366 e. The third-order valence-electron chi connectivity index (χ3n) is 6.10. The Balaban J connectivity index is 1.54. The van der Waals surface area contributed by atoms with Crippen LogP contribution in [0.2, 0.25) is 0 Å². The van der Waals surface area contributed by atoms with E-state index < -0.39 is 0 Å². The molecule has 1 aliphatic rings. The molecule has 0 bridgehead atoms. The summed E-state index contributed by atoms with van der Waals surface area (Å²) in [5.74, 6) is -0.0887. The van der Waals surface area contributed by atoms with E-state index in [0.717, 1.165) is 42.5 Å². The maximum atomic E-state index is 12.9. The lowest BCUT2D eigenvalue weighted by atomic mass is 9.92. The Labute approximate surface area is 185 Å². The number of fused-ring (bicyclic) bond motifs is 2. The number of hydrogen-bond donors (Lipinski definition) is 2. The highest BCUT2D eigenvalue weighted by molar-refractivity contribution is 5.95. The quantitative estimate of drug-likeness (QED) is 0.503. The molecule has 1 amide bonds. The van der Waals surface area contributed by atoms with E-state index in [1.807, 2.05) is 55.3 Å². The van der Waals surface area contributed by atoms with Gasteiger partial charge in [0.15, 0.2) is 5.65 Å². The molecule has 0 saturated heterocycles. The Morgan fingerprint density at radius 1 is 1.34 bits per heavy atom. The van der Waals surface area contributed by atoms with Crippen LogP contribution in [0, 0.1) is 0 Å². The number of nitrogens with zero attached hydrogens (tertiary/aromatic N) is 6. The van der Waals surface area contributed by atoms with Crippen LogP contribution in [0.15, 0.2) is 42.9 Å². The number of carbonyl (C=O) groups is 1. The maximum Gasteiger partial charge on any atom is 0.270 e. The van der Waals surface area contributed by atoms with Crippen LogP contribution in [0.5, 0.6) is 0 Å². The lowest BCUT2D eigenvalue weighted by Gasteiger charge is -2.24. The van der Waals surface area contributed by atoms with Crippen molar-refractivity contribution < 1.29 is 4.79 Å². The number of nitrogen functional groups attached to an aromatic ring is 1. The van der Waals surface area contributed by atoms with Crippen LogP contribution in [0.25, 0.3) is 16.8 Å². The average molecular weight is 431 g/mol. The highest BCUT2D eigenvalue weighted by atomic mass is 16.2. The van der Waals surface area contributed by atoms with Crippen LogP contribution in [0.4, 0.5) is 5.95 Å². The van der Waals surface area contributed by atoms with Crippen molar-refractivity contribution in [1.82, 2.24) is 34.7 Å². The van der Waals surface area contributed by atoms with Gasteiger partial charge in [-0.15, -0.1) is 5.10 Å². The van der Waals surface area contributed by atoms with Crippen molar-refractivity contribution in [3.05, 3.63) is 59.8 Å². The normalized spacial score (nSPS) is 16.6. The molecule has 9 heteroatoms. The Kier molecular flexibility index (Phi) is 5.08. The van der Waals surface area contributed by atoms with Gasteiger partial charge in [0, 0.05) is 24.0 Å². The zero-order valence-corrected chi connectivity index (χ0v) is 18.2. The number of pyridine rings is 2. The molecule has 9 nitrogen and oxygen atoms in total. The zero-order valence-electron chi connectivity index (χ0n) is 18.2. The second kappa shape index (κ2) is 8.07. The number of hydrogen-bond acceptors (Lipinski definition) is 6. The predicted octanol–water partition coefficient (Wildman–Crippen LogP) is 3.02. The number of carbonyl (C=O) groups excluding carboxylic acids is 1. The number of rotatable bonds is 5. The molecule has 2 unspecified atom stereocenters. The van der Waals surface area contributed by atoms with E-state index in [4.69, 9.17) is 5.73 Å². The minimum atomic E-state index is -0.214. The summed E-state index contributed by atoms with van der Waals surface area (Å²) in [6.07, 6.45) is 9.64. The van der Waals surface area contributed by atoms with Crippen molar-refractivity contribution in [3.63, 3.8) is 0 Å². The van der Waals surface area contributed by atoms with Crippen molar-refractivity contribution in [2.24, 2.45) is 0 Å². The molecule has 0 aliphatic heterocycles. The minimum absolute atomic E-state index is 0.0451. The summed E-state index contributed by atoms with van der Waals surface area (Å²) in [7, 11) is 0. The first-order valence-electron chi connectivity index (χ1n) is 11.0. The van der Waals surface area contributed by atoms with Gasteiger partial charge in [-0.3, -0.25) is 14.5 Å². The van der Waals surface area contributed by atoms with E-state index in [2.05, 4.69) is 31.5 Å². The fourth-order valence-electron chi connectivity index (χ4n) is 4.23. The zero-order chi connectivity index (χ0) is 22.2. The molecule has 0 fully saturated rings. The molecular weight excluding hydrogens is 404 g/mol. The number of amides is 1. The molecule has 3 N–H and O–H groups in total. The third-order valence-corrected chi connectivity index (χ3v) is 6.10. The first-order chi connectivity index (χ1) is 15.5. The molecule has 0 aromatic carbocycles. The topological polar surface area (TPSA) is 116 Å². The number of aromatic nitrogens is 6. The number of aryl methyl sites for hydroxylation is 1. The Morgan fingerprint density at radius 2 is 2.22 bits per heavy atom. The number of nitrogens with two attached hydrogens (primary N) is 1. The SMILES string of the molecule is CCC(C)NC(=O)c1cc(-c2cnn(C3CCCc4cccnc43)c2)cc2nc(N)nn12. The van der Waals surface area contributed by atoms with Gasteiger partial charge in [-0.05, 0) is 61.9 Å². The van der Waals surface area contributed by atoms with E-state index >= 15 is 0 Å². The molecule has 0 radical (unpaired) electrons. The van der Waals surface area contributed by atoms with Crippen molar-refractivity contribution in [2.75, 3.05) is 5.73 Å². The van der Waals surface area contributed by atoms with Crippen molar-refractivity contribution in [1.29, 1.82) is 0 Å². The van der Waals surface area contributed by atoms with E-state index in [0.29, 0.717) is 11.3 Å². The second-order valence-electron chi connectivity index (χ2n) is 8.32. The Bertz CT molecular complexity index is 1290. The van der Waals surface area contributed by atoms with Crippen LogP contribution in [0.3, 0.4) is 0 Å². The molecule has 5 rings (SSSR count). The smallest absolute Gasteiger partial charge is 0.270 e. The summed E-state index contributed by atoms with van der Waals surface area (Å²) in [6.45, 7) is 3.99. The Hall–Kier alpha value is -3.75. The van der Waals surface area contributed by atoms with Gasteiger partial charge < -0.3 is 11.1 Å². The summed E-state index contributed by atoms with van der Waals surface area (Å²) < 4.78 is 3.46. The summed E-state index contributed by atoms with van der Waals surface area (Å²) in [5, 5.41) is 11.8. The fourth-order valence-corrected chi connectivity index (χ4v) is 4.23. The van der Waals surface area contributed by atoms with Gasteiger partial charge in [-0.1, -0.05) is 13.0 Å². The third kappa shape index (κ3) is 3.59. The van der Waals surface area contributed by atoms with Crippen LogP contribution in [0.1, 0.15) is 60.9 Å². The highest BCUT2D eigenvalue weighted by Gasteiger charge is 2.24. The fraction of sp³-hybridized carbons (Fsp3) is 0.348. The van der Waals surface area contributed by atoms with Crippen LogP contribution in [-0.2, 0) is 6.42 Å². The summed E-state index contributed by atoms with van der Waals surface area (Å²) >= 11 is 0. The van der Waals surface area contributed by atoms with E-state index in [9.17, 15) is 4.79 Å². The van der Waals surface area contributed by atoms with E-state index in [-0.39, 0.29) is 23.9 Å². The van der Waals surface area contributed by atoms with Crippen molar-refractivity contribution in [3.8, 4) is 11.1 Å². The maximum absolute atomic E-state index is 12.9. The predicted molar refractivity (Wildman–Crippen MR) is 121 cm³/mol. The molecule has 0 saturated carbocycles. The summed E-state index contributed by atoms with van der Waals surface area (Å²) in [6, 6.07) is 7.97. The van der Waals surface area contributed by atoms with Gasteiger partial charge in [-0.2, -0.15) is 10.1 Å². The average Bonchev–Trinajstić information content (AvgIpc) is 3.44. The molecular formula is C23H26N8O. The van der Waals surface area contributed by atoms with Gasteiger partial charge in [0.2, 0.25) is 5.95 Å². The summed E-state index contributed by atoms with van der Waals surface area (Å²) in [4.78, 5) is 21.8. The molecule has 164 valence electrons. The molecule has 4 aromatic rings. The van der Waals surface area contributed by atoms with Crippen LogP contribution < -0.4 is 11.1 Å². The Morgan fingerprint density at radius 3 is 3.06 bits per heavy atom. The molecule has 32 heavy (non-hydrogen) atoms. The molecule has 1 aliphatic carbocycles. The van der Waals surface area contributed by atoms with Crippen molar-refractivity contribution in [2.45, 2.75) is 51.6 Å². The second-order valence-corrected chi connectivity index (χ2v) is 8.32. The van der Waals surface area contributed by atoms with Crippen LogP contribution >= 0.6 is 0 Å². The van der Waals surface area contributed by atoms with Gasteiger partial charge in [0.1, 0.15) is 5.69 Å². The lowest BCUT2D eigenvalue weighted by Crippen LogP contribution is -2.33. The molecule has 0 spiro atoms. The van der Waals surface area contributed by atoms with Gasteiger partial charge >= 0.3 is 0 Å². The first kappa shape index (κ1) is 20.2. The van der Waals surface area contributed by atoms with Crippen molar-refractivity contribution >= 4 is 17.5 Å². The van der Waals surface area contributed by atoms with E-state index in [1.165, 1.54) is 10.1 Å². The summed E-state index contributed by atoms with van der Waals surface area (Å²) in [5.41, 5.74) is 10.8.